The van der Waals surface area contributed by atoms with E-state index in [4.69, 9.17) is 13.7 Å². The smallest absolute Gasteiger partial charge is 0.306 e. The first-order chi connectivity index (χ1) is 12.5. The predicted molar refractivity (Wildman–Crippen MR) is 96.6 cm³/mol. The summed E-state index contributed by atoms with van der Waals surface area (Å²) < 4.78 is 41.1. The molecular weight excluding hydrogens is 372 g/mol. The van der Waals surface area contributed by atoms with Crippen molar-refractivity contribution in [2.75, 3.05) is 6.61 Å². The maximum absolute atomic E-state index is 12.3. The average molecular weight is 398 g/mol. The van der Waals surface area contributed by atoms with E-state index in [1.54, 1.807) is 19.1 Å². The van der Waals surface area contributed by atoms with E-state index in [9.17, 15) is 18.3 Å². The van der Waals surface area contributed by atoms with E-state index in [1.807, 2.05) is 13.8 Å². The van der Waals surface area contributed by atoms with Crippen molar-refractivity contribution in [3.63, 3.8) is 0 Å². The van der Waals surface area contributed by atoms with Crippen LogP contribution in [-0.2, 0) is 28.6 Å². The van der Waals surface area contributed by atoms with Gasteiger partial charge in [0.2, 0.25) is 0 Å². The van der Waals surface area contributed by atoms with Crippen LogP contribution >= 0.6 is 0 Å². The number of hydrogen-bond donors (Lipinski definition) is 1. The molecule has 7 nitrogen and oxygen atoms in total. The summed E-state index contributed by atoms with van der Waals surface area (Å²) in [5.74, 6) is -0.247. The van der Waals surface area contributed by atoms with Gasteiger partial charge in [0, 0.05) is 6.42 Å². The second kappa shape index (κ2) is 7.16. The number of ether oxygens (including phenoxy) is 2. The number of hydrogen-bond acceptors (Lipinski definition) is 7. The molecule has 2 fully saturated rings. The summed E-state index contributed by atoms with van der Waals surface area (Å²) in [4.78, 5) is 11.5. The van der Waals surface area contributed by atoms with Crippen molar-refractivity contribution in [2.24, 2.45) is 0 Å². The van der Waals surface area contributed by atoms with E-state index in [0.717, 1.165) is 5.56 Å². The van der Waals surface area contributed by atoms with E-state index >= 15 is 0 Å². The Morgan fingerprint density at radius 2 is 1.93 bits per heavy atom. The van der Waals surface area contributed by atoms with E-state index in [0.29, 0.717) is 25.7 Å². The highest BCUT2D eigenvalue weighted by molar-refractivity contribution is 7.86. The molecule has 150 valence electrons. The Hall–Kier alpha value is -1.48. The highest BCUT2D eigenvalue weighted by Crippen LogP contribution is 2.43. The van der Waals surface area contributed by atoms with Gasteiger partial charge >= 0.3 is 5.97 Å². The summed E-state index contributed by atoms with van der Waals surface area (Å²) in [7, 11) is -3.96. The normalized spacial score (nSPS) is 32.4. The lowest BCUT2D eigenvalue weighted by Crippen LogP contribution is -2.46. The van der Waals surface area contributed by atoms with Crippen LogP contribution in [0.3, 0.4) is 0 Å². The largest absolute Gasteiger partial charge is 0.457 e. The predicted octanol–water partition coefficient (Wildman–Crippen LogP) is 2.09. The quantitative estimate of drug-likeness (QED) is 0.579. The number of aliphatic hydroxyl groups excluding tert-OH is 1. The van der Waals surface area contributed by atoms with Crippen LogP contribution in [0.25, 0.3) is 0 Å². The van der Waals surface area contributed by atoms with Gasteiger partial charge in [0.05, 0.1) is 23.2 Å². The third kappa shape index (κ3) is 4.18. The molecule has 0 unspecified atom stereocenters. The minimum absolute atomic E-state index is 0.0426. The van der Waals surface area contributed by atoms with Crippen LogP contribution in [-0.4, -0.2) is 49.5 Å². The van der Waals surface area contributed by atoms with Crippen molar-refractivity contribution in [1.82, 2.24) is 0 Å². The van der Waals surface area contributed by atoms with Crippen LogP contribution in [0, 0.1) is 6.92 Å². The topological polar surface area (TPSA) is 99.1 Å². The number of rotatable bonds is 6. The molecule has 0 saturated carbocycles. The molecule has 2 aliphatic rings. The molecule has 8 heteroatoms. The molecule has 0 bridgehead atoms. The number of carbonyl (C=O) groups is 1. The van der Waals surface area contributed by atoms with Crippen LogP contribution in [0.2, 0.25) is 0 Å². The second-order valence-corrected chi connectivity index (χ2v) is 9.43. The molecule has 4 atom stereocenters. The number of benzene rings is 1. The van der Waals surface area contributed by atoms with Crippen molar-refractivity contribution in [2.45, 2.75) is 74.8 Å². The molecule has 27 heavy (non-hydrogen) atoms. The van der Waals surface area contributed by atoms with Crippen molar-refractivity contribution < 1.29 is 32.0 Å². The monoisotopic (exact) mass is 398 g/mol. The van der Waals surface area contributed by atoms with E-state index in [2.05, 4.69) is 0 Å². The molecule has 2 heterocycles. The van der Waals surface area contributed by atoms with Crippen molar-refractivity contribution in [3.05, 3.63) is 29.8 Å². The van der Waals surface area contributed by atoms with Gasteiger partial charge in [-0.2, -0.15) is 8.42 Å². The van der Waals surface area contributed by atoms with Crippen LogP contribution < -0.4 is 0 Å². The number of aryl methyl sites for hydroxylation is 1. The minimum Gasteiger partial charge on any atom is -0.457 e. The van der Waals surface area contributed by atoms with Crippen LogP contribution in [0.4, 0.5) is 0 Å². The Bertz CT molecular complexity index is 804. The summed E-state index contributed by atoms with van der Waals surface area (Å²) in [5, 5.41) is 10.5. The van der Waals surface area contributed by atoms with Gasteiger partial charge in [-0.1, -0.05) is 17.7 Å². The number of aliphatic hydroxyl groups is 1. The zero-order valence-corrected chi connectivity index (χ0v) is 16.6. The molecule has 0 aliphatic carbocycles. The zero-order valence-electron chi connectivity index (χ0n) is 15.8. The standard InChI is InChI=1S/C19H26O7S/c1-13-4-6-14(7-5-13)27(22,23)24-12-15(20)18(2)10-8-16(25-18)19(3)11-9-17(21)26-19/h4-7,15-16,20H,8-12H2,1-3H3/t15-,16-,18+,19+/m1/s1. The van der Waals surface area contributed by atoms with Crippen LogP contribution in [0.1, 0.15) is 45.1 Å². The lowest BCUT2D eigenvalue weighted by molar-refractivity contribution is -0.178. The lowest BCUT2D eigenvalue weighted by atomic mass is 9.91. The summed E-state index contributed by atoms with van der Waals surface area (Å²) in [6, 6.07) is 6.30. The molecule has 0 aromatic heterocycles. The van der Waals surface area contributed by atoms with Gasteiger partial charge in [-0.25, -0.2) is 0 Å². The van der Waals surface area contributed by atoms with Gasteiger partial charge in [-0.3, -0.25) is 8.98 Å². The van der Waals surface area contributed by atoms with Gasteiger partial charge in [-0.15, -0.1) is 0 Å². The fourth-order valence-corrected chi connectivity index (χ4v) is 4.49. The Morgan fingerprint density at radius 3 is 2.52 bits per heavy atom. The zero-order chi connectivity index (χ0) is 19.9. The Labute approximate surface area is 159 Å². The van der Waals surface area contributed by atoms with E-state index < -0.39 is 34.0 Å². The molecule has 0 spiro atoms. The van der Waals surface area contributed by atoms with Crippen LogP contribution in [0.5, 0.6) is 0 Å². The number of esters is 1. The summed E-state index contributed by atoms with van der Waals surface area (Å²) >= 11 is 0. The van der Waals surface area contributed by atoms with Crippen molar-refractivity contribution in [1.29, 1.82) is 0 Å². The van der Waals surface area contributed by atoms with E-state index in [1.165, 1.54) is 12.1 Å². The van der Waals surface area contributed by atoms with Gasteiger partial charge in [0.15, 0.2) is 0 Å². The molecular formula is C19H26O7S. The van der Waals surface area contributed by atoms with Gasteiger partial charge in [0.1, 0.15) is 11.7 Å². The van der Waals surface area contributed by atoms with Crippen molar-refractivity contribution >= 4 is 16.1 Å². The maximum atomic E-state index is 12.3. The molecule has 2 aliphatic heterocycles. The Kier molecular flexibility index (Phi) is 5.37. The minimum atomic E-state index is -3.96. The Morgan fingerprint density at radius 1 is 1.26 bits per heavy atom. The average Bonchev–Trinajstić information content (AvgIpc) is 3.18. The highest BCUT2D eigenvalue weighted by Gasteiger charge is 2.52. The molecule has 1 N–H and O–H groups in total. The summed E-state index contributed by atoms with van der Waals surface area (Å²) in [5.41, 5.74) is -0.734. The third-order valence-electron chi connectivity index (χ3n) is 5.56. The van der Waals surface area contributed by atoms with E-state index in [-0.39, 0.29) is 17.0 Å². The fourth-order valence-electron chi connectivity index (χ4n) is 3.58. The SMILES string of the molecule is Cc1ccc(S(=O)(=O)OC[C@@H](O)[C@]2(C)CC[C@H]([C@]3(C)CCC(=O)O3)O2)cc1. The molecule has 1 aromatic carbocycles. The number of cyclic esters (lactones) is 1. The van der Waals surface area contributed by atoms with Gasteiger partial charge < -0.3 is 14.6 Å². The third-order valence-corrected chi connectivity index (χ3v) is 6.86. The molecule has 0 amide bonds. The summed E-state index contributed by atoms with van der Waals surface area (Å²) in [6.45, 7) is 5.01. The van der Waals surface area contributed by atoms with Gasteiger partial charge in [0.25, 0.3) is 10.1 Å². The fraction of sp³-hybridized carbons (Fsp3) is 0.632. The molecule has 0 radical (unpaired) electrons. The highest BCUT2D eigenvalue weighted by atomic mass is 32.2. The van der Waals surface area contributed by atoms with Crippen molar-refractivity contribution in [3.8, 4) is 0 Å². The molecule has 2 saturated heterocycles. The maximum Gasteiger partial charge on any atom is 0.306 e. The number of carbonyl (C=O) groups excluding carboxylic acids is 1. The first-order valence-electron chi connectivity index (χ1n) is 9.08. The second-order valence-electron chi connectivity index (χ2n) is 7.81. The molecule has 3 rings (SSSR count). The molecule has 1 aromatic rings. The van der Waals surface area contributed by atoms with Gasteiger partial charge in [-0.05, 0) is 52.2 Å². The Balaban J connectivity index is 1.61. The first kappa shape index (κ1) is 20.3. The lowest BCUT2D eigenvalue weighted by Gasteiger charge is -2.34. The first-order valence-corrected chi connectivity index (χ1v) is 10.5. The van der Waals surface area contributed by atoms with Crippen LogP contribution in [0.15, 0.2) is 29.2 Å². The summed E-state index contributed by atoms with van der Waals surface area (Å²) in [6.07, 6.45) is 0.581.